The van der Waals surface area contributed by atoms with Crippen molar-refractivity contribution in [3.8, 4) is 0 Å². The summed E-state index contributed by atoms with van der Waals surface area (Å²) < 4.78 is 27.1. The third-order valence-corrected chi connectivity index (χ3v) is 4.68. The normalized spacial score (nSPS) is 12.0. The molecule has 1 N–H and O–H groups in total. The van der Waals surface area contributed by atoms with Crippen molar-refractivity contribution in [1.29, 1.82) is 0 Å². The molecule has 0 radical (unpaired) electrons. The average molecular weight is 386 g/mol. The lowest BCUT2D eigenvalue weighted by Crippen LogP contribution is -2.23. The molecule has 0 aliphatic heterocycles. The monoisotopic (exact) mass is 385 g/mol. The van der Waals surface area contributed by atoms with Crippen LogP contribution in [-0.4, -0.2) is 11.2 Å². The van der Waals surface area contributed by atoms with E-state index in [4.69, 9.17) is 0 Å². The third-order valence-electron chi connectivity index (χ3n) is 2.97. The molecule has 2 aromatic rings. The van der Waals surface area contributed by atoms with Gasteiger partial charge in [0.15, 0.2) is 0 Å². The van der Waals surface area contributed by atoms with E-state index in [1.165, 1.54) is 36.0 Å². The van der Waals surface area contributed by atoms with Gasteiger partial charge in [-0.3, -0.25) is 4.79 Å². The Morgan fingerprint density at radius 2 is 1.91 bits per heavy atom. The zero-order valence-electron chi connectivity index (χ0n) is 11.8. The van der Waals surface area contributed by atoms with E-state index in [9.17, 15) is 13.6 Å². The Morgan fingerprint density at radius 3 is 2.55 bits per heavy atom. The van der Waals surface area contributed by atoms with Crippen molar-refractivity contribution in [2.24, 2.45) is 0 Å². The molecule has 0 saturated heterocycles. The number of carbonyl (C=O) groups excluding carboxylic acids is 1. The highest BCUT2D eigenvalue weighted by atomic mass is 79.9. The van der Waals surface area contributed by atoms with Crippen LogP contribution in [0.5, 0.6) is 0 Å². The van der Waals surface area contributed by atoms with E-state index in [1.54, 1.807) is 25.1 Å². The molecule has 1 atom stereocenters. The van der Waals surface area contributed by atoms with Crippen LogP contribution >= 0.6 is 27.7 Å². The standard InChI is InChI=1S/C16H14BrF2NOS/c1-10(22-9-11-2-5-13(18)6-3-11)16(21)20-15-7-4-12(17)8-14(15)19/h2-8,10H,9H2,1H3,(H,20,21). The molecular weight excluding hydrogens is 372 g/mol. The van der Waals surface area contributed by atoms with Gasteiger partial charge in [0.2, 0.25) is 5.91 Å². The van der Waals surface area contributed by atoms with Gasteiger partial charge >= 0.3 is 0 Å². The molecule has 2 rings (SSSR count). The summed E-state index contributed by atoms with van der Waals surface area (Å²) in [5.74, 6) is -0.463. The minimum atomic E-state index is -0.488. The Hall–Kier alpha value is -1.40. The van der Waals surface area contributed by atoms with Crippen molar-refractivity contribution < 1.29 is 13.6 Å². The fourth-order valence-corrected chi connectivity index (χ4v) is 2.88. The van der Waals surface area contributed by atoms with E-state index in [-0.39, 0.29) is 22.7 Å². The molecule has 1 amide bonds. The predicted octanol–water partition coefficient (Wildman–Crippen LogP) is 4.99. The Balaban J connectivity index is 1.90. The largest absolute Gasteiger partial charge is 0.323 e. The molecule has 0 bridgehead atoms. The van der Waals surface area contributed by atoms with Gasteiger partial charge in [0.1, 0.15) is 11.6 Å². The number of thioether (sulfide) groups is 1. The molecule has 0 aromatic heterocycles. The highest BCUT2D eigenvalue weighted by Crippen LogP contribution is 2.22. The third kappa shape index (κ3) is 4.81. The van der Waals surface area contributed by atoms with Gasteiger partial charge in [0, 0.05) is 10.2 Å². The quantitative estimate of drug-likeness (QED) is 0.785. The van der Waals surface area contributed by atoms with E-state index in [0.717, 1.165) is 5.56 Å². The molecule has 22 heavy (non-hydrogen) atoms. The summed E-state index contributed by atoms with van der Waals surface area (Å²) in [4.78, 5) is 12.1. The van der Waals surface area contributed by atoms with E-state index in [1.807, 2.05) is 0 Å². The number of rotatable bonds is 5. The van der Waals surface area contributed by atoms with E-state index < -0.39 is 5.82 Å². The zero-order chi connectivity index (χ0) is 16.1. The summed E-state index contributed by atoms with van der Waals surface area (Å²) in [5, 5.41) is 2.21. The molecule has 0 heterocycles. The van der Waals surface area contributed by atoms with Crippen LogP contribution in [0.4, 0.5) is 14.5 Å². The highest BCUT2D eigenvalue weighted by molar-refractivity contribution is 9.10. The Morgan fingerprint density at radius 1 is 1.23 bits per heavy atom. The molecule has 2 nitrogen and oxygen atoms in total. The second-order valence-electron chi connectivity index (χ2n) is 4.69. The average Bonchev–Trinajstić information content (AvgIpc) is 2.49. The van der Waals surface area contributed by atoms with Crippen LogP contribution in [0.2, 0.25) is 0 Å². The van der Waals surface area contributed by atoms with E-state index >= 15 is 0 Å². The van der Waals surface area contributed by atoms with Crippen LogP contribution < -0.4 is 5.32 Å². The number of amides is 1. The lowest BCUT2D eigenvalue weighted by Gasteiger charge is -2.12. The number of carbonyl (C=O) groups is 1. The van der Waals surface area contributed by atoms with Gasteiger partial charge in [-0.1, -0.05) is 28.1 Å². The molecule has 0 saturated carbocycles. The van der Waals surface area contributed by atoms with Gasteiger partial charge in [-0.2, -0.15) is 0 Å². The van der Waals surface area contributed by atoms with Gasteiger partial charge in [-0.15, -0.1) is 11.8 Å². The number of halogens is 3. The summed E-state index contributed by atoms with van der Waals surface area (Å²) in [6, 6.07) is 10.6. The molecular formula is C16H14BrF2NOS. The van der Waals surface area contributed by atoms with Crippen LogP contribution in [0.3, 0.4) is 0 Å². The SMILES string of the molecule is CC(SCc1ccc(F)cc1)C(=O)Nc1ccc(Br)cc1F. The zero-order valence-corrected chi connectivity index (χ0v) is 14.2. The first-order valence-corrected chi connectivity index (χ1v) is 8.42. The molecule has 2 aromatic carbocycles. The van der Waals surface area contributed by atoms with Crippen LogP contribution in [0.1, 0.15) is 12.5 Å². The number of hydrogen-bond donors (Lipinski definition) is 1. The second kappa shape index (κ2) is 7.74. The van der Waals surface area contributed by atoms with Crippen molar-refractivity contribution >= 4 is 39.3 Å². The van der Waals surface area contributed by atoms with Crippen molar-refractivity contribution in [3.63, 3.8) is 0 Å². The van der Waals surface area contributed by atoms with Gasteiger partial charge in [-0.05, 0) is 42.8 Å². The summed E-state index contributed by atoms with van der Waals surface area (Å²) in [5.41, 5.74) is 1.09. The summed E-state index contributed by atoms with van der Waals surface area (Å²) >= 11 is 4.57. The van der Waals surface area contributed by atoms with Crippen LogP contribution in [0.15, 0.2) is 46.9 Å². The molecule has 116 valence electrons. The van der Waals surface area contributed by atoms with Crippen molar-refractivity contribution in [1.82, 2.24) is 0 Å². The Kier molecular flexibility index (Phi) is 5.97. The fraction of sp³-hybridized carbons (Fsp3) is 0.188. The van der Waals surface area contributed by atoms with Crippen LogP contribution in [-0.2, 0) is 10.5 Å². The number of nitrogens with one attached hydrogen (secondary N) is 1. The number of anilines is 1. The van der Waals surface area contributed by atoms with Crippen LogP contribution in [0, 0.1) is 11.6 Å². The van der Waals surface area contributed by atoms with Crippen molar-refractivity contribution in [3.05, 3.63) is 64.1 Å². The van der Waals surface area contributed by atoms with Gasteiger partial charge in [0.25, 0.3) is 0 Å². The highest BCUT2D eigenvalue weighted by Gasteiger charge is 2.15. The van der Waals surface area contributed by atoms with Gasteiger partial charge in [-0.25, -0.2) is 8.78 Å². The van der Waals surface area contributed by atoms with Crippen LogP contribution in [0.25, 0.3) is 0 Å². The molecule has 0 fully saturated rings. The first kappa shape index (κ1) is 17.0. The lowest BCUT2D eigenvalue weighted by molar-refractivity contribution is -0.115. The maximum atomic E-state index is 13.7. The Bertz CT molecular complexity index is 664. The first-order chi connectivity index (χ1) is 10.5. The molecule has 1 unspecified atom stereocenters. The maximum absolute atomic E-state index is 13.7. The van der Waals surface area contributed by atoms with Crippen molar-refractivity contribution in [2.75, 3.05) is 5.32 Å². The number of benzene rings is 2. The number of hydrogen-bond acceptors (Lipinski definition) is 2. The fourth-order valence-electron chi connectivity index (χ4n) is 1.70. The predicted molar refractivity (Wildman–Crippen MR) is 89.9 cm³/mol. The second-order valence-corrected chi connectivity index (χ2v) is 6.94. The maximum Gasteiger partial charge on any atom is 0.237 e. The van der Waals surface area contributed by atoms with Gasteiger partial charge in [0.05, 0.1) is 10.9 Å². The van der Waals surface area contributed by atoms with Crippen molar-refractivity contribution in [2.45, 2.75) is 17.9 Å². The Labute approximate surface area is 140 Å². The van der Waals surface area contributed by atoms with E-state index in [0.29, 0.717) is 10.2 Å². The molecule has 6 heteroatoms. The topological polar surface area (TPSA) is 29.1 Å². The smallest absolute Gasteiger partial charge is 0.237 e. The minimum absolute atomic E-state index is 0.155. The van der Waals surface area contributed by atoms with E-state index in [2.05, 4.69) is 21.2 Å². The minimum Gasteiger partial charge on any atom is -0.323 e. The van der Waals surface area contributed by atoms with Gasteiger partial charge < -0.3 is 5.32 Å². The first-order valence-electron chi connectivity index (χ1n) is 6.57. The summed E-state index contributed by atoms with van der Waals surface area (Å²) in [7, 11) is 0. The summed E-state index contributed by atoms with van der Waals surface area (Å²) in [6.07, 6.45) is 0. The molecule has 0 spiro atoms. The summed E-state index contributed by atoms with van der Waals surface area (Å²) in [6.45, 7) is 1.75. The lowest BCUT2D eigenvalue weighted by atomic mass is 10.2. The molecule has 0 aliphatic rings. The molecule has 0 aliphatic carbocycles.